The van der Waals surface area contributed by atoms with Crippen LogP contribution in [-0.4, -0.2) is 26.5 Å². The molecule has 0 saturated heterocycles. The number of hydrogen-bond donors (Lipinski definition) is 2. The molecule has 0 saturated carbocycles. The number of nitrogens with one attached hydrogen (secondary N) is 1. The zero-order valence-electron chi connectivity index (χ0n) is 9.02. The Morgan fingerprint density at radius 1 is 1.60 bits per heavy atom. The second-order valence-electron chi connectivity index (χ2n) is 3.57. The van der Waals surface area contributed by atoms with Gasteiger partial charge in [-0.2, -0.15) is 4.37 Å². The number of nitrogens with zero attached hydrogens (tertiary/aromatic N) is 2. The minimum atomic E-state index is -0.863. The summed E-state index contributed by atoms with van der Waals surface area (Å²) >= 11 is 1.20. The minimum absolute atomic E-state index is 0.0106. The summed E-state index contributed by atoms with van der Waals surface area (Å²) in [5.41, 5.74) is 0. The summed E-state index contributed by atoms with van der Waals surface area (Å²) in [6.45, 7) is 5.67. The topological polar surface area (TPSA) is 75.1 Å². The molecule has 0 bridgehead atoms. The highest BCUT2D eigenvalue weighted by Crippen LogP contribution is 2.15. The molecule has 84 valence electrons. The normalized spacial score (nSPS) is 12.8. The lowest BCUT2D eigenvalue weighted by Crippen LogP contribution is -2.34. The van der Waals surface area contributed by atoms with Gasteiger partial charge < -0.3 is 10.4 Å². The highest BCUT2D eigenvalue weighted by Gasteiger charge is 2.22. The number of hydrogen-bond acceptors (Lipinski definition) is 5. The van der Waals surface area contributed by atoms with E-state index in [4.69, 9.17) is 5.11 Å². The van der Waals surface area contributed by atoms with Crippen molar-refractivity contribution in [3.05, 3.63) is 5.82 Å². The van der Waals surface area contributed by atoms with Crippen LogP contribution in [0, 0.1) is 5.92 Å². The Balaban J connectivity index is 2.69. The Hall–Kier alpha value is -1.17. The van der Waals surface area contributed by atoms with Crippen LogP contribution in [0.4, 0.5) is 5.13 Å². The molecule has 15 heavy (non-hydrogen) atoms. The van der Waals surface area contributed by atoms with Crippen molar-refractivity contribution < 1.29 is 9.90 Å². The second-order valence-corrected chi connectivity index (χ2v) is 4.33. The molecule has 0 unspecified atom stereocenters. The number of aliphatic carboxylic acids is 1. The van der Waals surface area contributed by atoms with E-state index in [1.54, 1.807) is 0 Å². The average Bonchev–Trinajstić information content (AvgIpc) is 2.60. The summed E-state index contributed by atoms with van der Waals surface area (Å²) in [6.07, 6.45) is 0.762. The fourth-order valence-electron chi connectivity index (χ4n) is 1.10. The van der Waals surface area contributed by atoms with Crippen molar-refractivity contribution in [2.75, 3.05) is 5.32 Å². The van der Waals surface area contributed by atoms with E-state index in [1.165, 1.54) is 11.5 Å². The summed E-state index contributed by atoms with van der Waals surface area (Å²) in [5.74, 6) is -0.106. The van der Waals surface area contributed by atoms with Gasteiger partial charge in [0.1, 0.15) is 11.9 Å². The number of carbonyl (C=O) groups is 1. The predicted octanol–water partition coefficient (Wildman–Crippen LogP) is 1.62. The monoisotopic (exact) mass is 229 g/mol. The molecule has 0 aliphatic heterocycles. The van der Waals surface area contributed by atoms with Crippen molar-refractivity contribution in [1.29, 1.82) is 0 Å². The molecule has 0 radical (unpaired) electrons. The van der Waals surface area contributed by atoms with E-state index in [2.05, 4.69) is 14.7 Å². The third-order valence-electron chi connectivity index (χ3n) is 2.00. The fourth-order valence-corrected chi connectivity index (χ4v) is 1.79. The Morgan fingerprint density at radius 2 is 2.27 bits per heavy atom. The van der Waals surface area contributed by atoms with Crippen molar-refractivity contribution in [3.8, 4) is 0 Å². The molecule has 0 aliphatic carbocycles. The summed E-state index contributed by atoms with van der Waals surface area (Å²) in [5, 5.41) is 12.4. The van der Waals surface area contributed by atoms with E-state index in [0.717, 1.165) is 12.2 Å². The largest absolute Gasteiger partial charge is 0.480 e. The van der Waals surface area contributed by atoms with Gasteiger partial charge >= 0.3 is 5.97 Å². The van der Waals surface area contributed by atoms with Gasteiger partial charge in [0.25, 0.3) is 0 Å². The lowest BCUT2D eigenvalue weighted by molar-refractivity contribution is -0.138. The van der Waals surface area contributed by atoms with Crippen LogP contribution < -0.4 is 5.32 Å². The van der Waals surface area contributed by atoms with Crippen LogP contribution in [-0.2, 0) is 11.2 Å². The lowest BCUT2D eigenvalue weighted by Gasteiger charge is -2.16. The Bertz CT molecular complexity index is 338. The van der Waals surface area contributed by atoms with Crippen molar-refractivity contribution in [3.63, 3.8) is 0 Å². The van der Waals surface area contributed by atoms with Gasteiger partial charge in [0.2, 0.25) is 5.13 Å². The van der Waals surface area contributed by atoms with Gasteiger partial charge in [-0.1, -0.05) is 20.8 Å². The highest BCUT2D eigenvalue weighted by molar-refractivity contribution is 7.09. The SMILES string of the molecule is CCc1nsc(N[C@@H](C(=O)O)C(C)C)n1. The minimum Gasteiger partial charge on any atom is -0.480 e. The Kier molecular flexibility index (Phi) is 4.02. The van der Waals surface area contributed by atoms with E-state index in [9.17, 15) is 4.79 Å². The highest BCUT2D eigenvalue weighted by atomic mass is 32.1. The van der Waals surface area contributed by atoms with Crippen LogP contribution in [0.2, 0.25) is 0 Å². The van der Waals surface area contributed by atoms with Crippen molar-refractivity contribution in [2.45, 2.75) is 33.2 Å². The molecule has 0 fully saturated rings. The van der Waals surface area contributed by atoms with Crippen molar-refractivity contribution in [2.24, 2.45) is 5.92 Å². The van der Waals surface area contributed by atoms with E-state index in [1.807, 2.05) is 20.8 Å². The van der Waals surface area contributed by atoms with E-state index < -0.39 is 12.0 Å². The second kappa shape index (κ2) is 5.06. The first kappa shape index (κ1) is 11.9. The van der Waals surface area contributed by atoms with Gasteiger partial charge in [-0.25, -0.2) is 9.78 Å². The van der Waals surface area contributed by atoms with Gasteiger partial charge in [-0.3, -0.25) is 0 Å². The molecule has 1 rings (SSSR count). The summed E-state index contributed by atoms with van der Waals surface area (Å²) < 4.78 is 4.08. The van der Waals surface area contributed by atoms with Crippen molar-refractivity contribution >= 4 is 22.6 Å². The smallest absolute Gasteiger partial charge is 0.326 e. The van der Waals surface area contributed by atoms with Crippen LogP contribution in [0.5, 0.6) is 0 Å². The molecule has 1 atom stereocenters. The summed E-state index contributed by atoms with van der Waals surface area (Å²) in [4.78, 5) is 15.1. The average molecular weight is 229 g/mol. The van der Waals surface area contributed by atoms with Crippen LogP contribution in [0.15, 0.2) is 0 Å². The molecule has 1 heterocycles. The summed E-state index contributed by atoms with van der Waals surface area (Å²) in [7, 11) is 0. The first-order valence-electron chi connectivity index (χ1n) is 4.86. The van der Waals surface area contributed by atoms with Gasteiger partial charge in [0.15, 0.2) is 0 Å². The predicted molar refractivity (Wildman–Crippen MR) is 59.2 cm³/mol. The standard InChI is InChI=1S/C9H15N3O2S/c1-4-6-10-9(15-12-6)11-7(5(2)3)8(13)14/h5,7H,4H2,1-3H3,(H,13,14)(H,10,11,12)/t7-/m1/s1. The number of carboxylic acids is 1. The zero-order valence-corrected chi connectivity index (χ0v) is 9.84. The van der Waals surface area contributed by atoms with Gasteiger partial charge in [-0.15, -0.1) is 0 Å². The molecular weight excluding hydrogens is 214 g/mol. The number of anilines is 1. The Morgan fingerprint density at radius 3 is 2.67 bits per heavy atom. The van der Waals surface area contributed by atoms with Crippen LogP contribution >= 0.6 is 11.5 Å². The van der Waals surface area contributed by atoms with E-state index >= 15 is 0 Å². The molecule has 1 aromatic rings. The van der Waals surface area contributed by atoms with Gasteiger partial charge in [-0.05, 0) is 5.92 Å². The first-order chi connectivity index (χ1) is 7.04. The number of aromatic nitrogens is 2. The zero-order chi connectivity index (χ0) is 11.4. The molecule has 6 heteroatoms. The third kappa shape index (κ3) is 3.16. The van der Waals surface area contributed by atoms with Gasteiger partial charge in [0, 0.05) is 18.0 Å². The molecule has 0 amide bonds. The lowest BCUT2D eigenvalue weighted by atomic mass is 10.1. The molecule has 0 aliphatic rings. The third-order valence-corrected chi connectivity index (χ3v) is 2.68. The van der Waals surface area contributed by atoms with Crippen molar-refractivity contribution in [1.82, 2.24) is 9.36 Å². The molecule has 1 aromatic heterocycles. The molecular formula is C9H15N3O2S. The number of rotatable bonds is 5. The molecule has 0 spiro atoms. The maximum absolute atomic E-state index is 10.9. The Labute approximate surface area is 92.7 Å². The maximum atomic E-state index is 10.9. The first-order valence-corrected chi connectivity index (χ1v) is 5.63. The van der Waals surface area contributed by atoms with Crippen LogP contribution in [0.3, 0.4) is 0 Å². The van der Waals surface area contributed by atoms with Crippen LogP contribution in [0.1, 0.15) is 26.6 Å². The van der Waals surface area contributed by atoms with Crippen LogP contribution in [0.25, 0.3) is 0 Å². The van der Waals surface area contributed by atoms with Gasteiger partial charge in [0.05, 0.1) is 0 Å². The molecule has 2 N–H and O–H groups in total. The maximum Gasteiger partial charge on any atom is 0.326 e. The van der Waals surface area contributed by atoms with E-state index in [-0.39, 0.29) is 5.92 Å². The summed E-state index contributed by atoms with van der Waals surface area (Å²) in [6, 6.07) is -0.609. The number of aryl methyl sites for hydroxylation is 1. The quantitative estimate of drug-likeness (QED) is 0.802. The number of carboxylic acid groups (broad SMARTS) is 1. The molecule has 0 aromatic carbocycles. The fraction of sp³-hybridized carbons (Fsp3) is 0.667. The van der Waals surface area contributed by atoms with E-state index in [0.29, 0.717) is 5.13 Å². The molecule has 5 nitrogen and oxygen atoms in total.